The van der Waals surface area contributed by atoms with E-state index in [1.807, 2.05) is 13.8 Å². The van der Waals surface area contributed by atoms with Crippen LogP contribution < -0.4 is 10.4 Å². The van der Waals surface area contributed by atoms with Gasteiger partial charge in [-0.1, -0.05) is 13.8 Å². The highest BCUT2D eigenvalue weighted by molar-refractivity contribution is 5.83. The molecule has 1 N–H and O–H groups in total. The molecule has 0 aromatic rings. The van der Waals surface area contributed by atoms with Crippen LogP contribution in [0.4, 0.5) is 0 Å². The number of carbonyl (C=O) groups excluding carboxylic acids is 2. The molecule has 0 aromatic carbocycles. The topological polar surface area (TPSA) is 69.2 Å². The van der Waals surface area contributed by atoms with E-state index in [1.165, 1.54) is 38.5 Å². The molecule has 0 unspecified atom stereocenters. The fourth-order valence-electron chi connectivity index (χ4n) is 5.78. The monoisotopic (exact) mass is 306 g/mol. The minimum Gasteiger partial charge on any atom is -0.548 e. The number of carboxylic acid groups (broad SMARTS) is 1. The first kappa shape index (κ1) is 15.8. The molecule has 1 atom stereocenters. The van der Waals surface area contributed by atoms with Crippen LogP contribution in [0.1, 0.15) is 65.2 Å². The van der Waals surface area contributed by atoms with Gasteiger partial charge < -0.3 is 15.2 Å². The quantitative estimate of drug-likeness (QED) is 0.814. The Labute approximate surface area is 133 Å². The maximum absolute atomic E-state index is 12.4. The number of amides is 1. The first-order valence-electron chi connectivity index (χ1n) is 8.85. The van der Waals surface area contributed by atoms with Crippen molar-refractivity contribution in [2.45, 2.75) is 71.3 Å². The smallest absolute Gasteiger partial charge is 0.221 e. The van der Waals surface area contributed by atoms with E-state index >= 15 is 0 Å². The summed E-state index contributed by atoms with van der Waals surface area (Å²) < 4.78 is 0. The summed E-state index contributed by atoms with van der Waals surface area (Å²) >= 11 is 0. The minimum absolute atomic E-state index is 0.0863. The number of carbonyl (C=O) groups is 2. The van der Waals surface area contributed by atoms with E-state index in [9.17, 15) is 14.7 Å². The van der Waals surface area contributed by atoms with Crippen LogP contribution in [-0.4, -0.2) is 17.9 Å². The molecule has 4 heteroatoms. The highest BCUT2D eigenvalue weighted by Crippen LogP contribution is 2.61. The zero-order chi connectivity index (χ0) is 15.9. The van der Waals surface area contributed by atoms with Crippen LogP contribution in [-0.2, 0) is 9.59 Å². The zero-order valence-electron chi connectivity index (χ0n) is 13.8. The van der Waals surface area contributed by atoms with Crippen LogP contribution in [0.25, 0.3) is 0 Å². The highest BCUT2D eigenvalue weighted by Gasteiger charge is 2.51. The van der Waals surface area contributed by atoms with Gasteiger partial charge in [0.2, 0.25) is 5.91 Å². The van der Waals surface area contributed by atoms with Crippen molar-refractivity contribution in [1.82, 2.24) is 5.32 Å². The first-order chi connectivity index (χ1) is 10.3. The van der Waals surface area contributed by atoms with E-state index in [4.69, 9.17) is 0 Å². The molecule has 0 radical (unpaired) electrons. The van der Waals surface area contributed by atoms with Gasteiger partial charge in [-0.15, -0.1) is 0 Å². The van der Waals surface area contributed by atoms with Crippen LogP contribution in [0.3, 0.4) is 0 Å². The highest BCUT2D eigenvalue weighted by atomic mass is 16.4. The van der Waals surface area contributed by atoms with Crippen molar-refractivity contribution in [3.63, 3.8) is 0 Å². The zero-order valence-corrected chi connectivity index (χ0v) is 13.8. The molecule has 22 heavy (non-hydrogen) atoms. The van der Waals surface area contributed by atoms with Gasteiger partial charge in [-0.2, -0.15) is 0 Å². The summed E-state index contributed by atoms with van der Waals surface area (Å²) in [5, 5.41) is 13.9. The van der Waals surface area contributed by atoms with Gasteiger partial charge in [-0.05, 0) is 74.0 Å². The fraction of sp³-hybridized carbons (Fsp3) is 0.889. The fourth-order valence-corrected chi connectivity index (χ4v) is 5.78. The molecular weight excluding hydrogens is 278 g/mol. The lowest BCUT2D eigenvalue weighted by Crippen LogP contribution is -2.52. The molecule has 4 rings (SSSR count). The molecule has 0 aliphatic heterocycles. The lowest BCUT2D eigenvalue weighted by molar-refractivity contribution is -0.308. The predicted molar refractivity (Wildman–Crippen MR) is 81.6 cm³/mol. The second-order valence-electron chi connectivity index (χ2n) is 8.66. The van der Waals surface area contributed by atoms with Gasteiger partial charge in [0, 0.05) is 6.42 Å². The van der Waals surface area contributed by atoms with Crippen molar-refractivity contribution in [3.05, 3.63) is 0 Å². The average molecular weight is 306 g/mol. The minimum atomic E-state index is -1.16. The molecule has 124 valence electrons. The van der Waals surface area contributed by atoms with Crippen LogP contribution in [0.5, 0.6) is 0 Å². The number of rotatable bonds is 6. The molecule has 4 saturated carbocycles. The third-order valence-electron chi connectivity index (χ3n) is 6.03. The van der Waals surface area contributed by atoms with Gasteiger partial charge in [-0.3, -0.25) is 4.79 Å². The summed E-state index contributed by atoms with van der Waals surface area (Å²) in [6, 6.07) is -0.846. The van der Waals surface area contributed by atoms with Crippen molar-refractivity contribution in [3.8, 4) is 0 Å². The first-order valence-corrected chi connectivity index (χ1v) is 8.85. The van der Waals surface area contributed by atoms with Crippen molar-refractivity contribution >= 4 is 11.9 Å². The third-order valence-corrected chi connectivity index (χ3v) is 6.03. The Morgan fingerprint density at radius 2 is 1.59 bits per heavy atom. The standard InChI is InChI=1S/C18H29NO3/c1-11(2)3-15(17(21)22)19-16(20)10-18-7-12-4-13(8-18)6-14(5-12)9-18/h11-15H,3-10H2,1-2H3,(H,19,20)(H,21,22)/p-1/t12?,13?,14?,15-,18?/m1/s1. The molecule has 4 aliphatic rings. The van der Waals surface area contributed by atoms with Crippen molar-refractivity contribution in [2.24, 2.45) is 29.1 Å². The number of hydrogen-bond acceptors (Lipinski definition) is 3. The van der Waals surface area contributed by atoms with Gasteiger partial charge >= 0.3 is 0 Å². The van der Waals surface area contributed by atoms with Gasteiger partial charge in [0.15, 0.2) is 0 Å². The van der Waals surface area contributed by atoms with Crippen molar-refractivity contribution in [1.29, 1.82) is 0 Å². The SMILES string of the molecule is CC(C)C[C@@H](NC(=O)CC12CC3CC(CC(C3)C1)C2)C(=O)[O-]. The molecule has 0 aromatic heterocycles. The molecule has 4 fully saturated rings. The summed E-state index contributed by atoms with van der Waals surface area (Å²) in [5.41, 5.74) is 0.160. The summed E-state index contributed by atoms with van der Waals surface area (Å²) in [7, 11) is 0. The Morgan fingerprint density at radius 1 is 1.09 bits per heavy atom. The van der Waals surface area contributed by atoms with E-state index in [0.29, 0.717) is 12.8 Å². The number of nitrogens with one attached hydrogen (secondary N) is 1. The summed E-state index contributed by atoms with van der Waals surface area (Å²) in [5.74, 6) is 1.41. The van der Waals surface area contributed by atoms with Crippen LogP contribution in [0.15, 0.2) is 0 Å². The van der Waals surface area contributed by atoms with Gasteiger partial charge in [-0.25, -0.2) is 0 Å². The van der Waals surface area contributed by atoms with E-state index < -0.39 is 12.0 Å². The van der Waals surface area contributed by atoms with E-state index in [1.54, 1.807) is 0 Å². The molecule has 4 nitrogen and oxygen atoms in total. The van der Waals surface area contributed by atoms with Gasteiger partial charge in [0.25, 0.3) is 0 Å². The normalized spacial score (nSPS) is 37.3. The molecule has 0 spiro atoms. The number of aliphatic carboxylic acids is 1. The summed E-state index contributed by atoms with van der Waals surface area (Å²) in [6.45, 7) is 3.92. The van der Waals surface area contributed by atoms with Crippen LogP contribution >= 0.6 is 0 Å². The molecule has 4 bridgehead atoms. The number of hydrogen-bond donors (Lipinski definition) is 1. The largest absolute Gasteiger partial charge is 0.548 e. The Kier molecular flexibility index (Phi) is 4.21. The van der Waals surface area contributed by atoms with E-state index in [2.05, 4.69) is 5.32 Å². The Balaban J connectivity index is 1.60. The second-order valence-corrected chi connectivity index (χ2v) is 8.66. The average Bonchev–Trinajstić information content (AvgIpc) is 2.34. The van der Waals surface area contributed by atoms with Crippen LogP contribution in [0.2, 0.25) is 0 Å². The third kappa shape index (κ3) is 3.31. The Morgan fingerprint density at radius 3 is 2.00 bits per heavy atom. The molecule has 1 amide bonds. The van der Waals surface area contributed by atoms with Gasteiger partial charge in [0.1, 0.15) is 0 Å². The molecule has 0 saturated heterocycles. The van der Waals surface area contributed by atoms with Crippen molar-refractivity contribution < 1.29 is 14.7 Å². The van der Waals surface area contributed by atoms with E-state index in [-0.39, 0.29) is 17.2 Å². The maximum Gasteiger partial charge on any atom is 0.221 e. The second kappa shape index (κ2) is 5.86. The van der Waals surface area contributed by atoms with Gasteiger partial charge in [0.05, 0.1) is 12.0 Å². The lowest BCUT2D eigenvalue weighted by Gasteiger charge is -2.56. The summed E-state index contributed by atoms with van der Waals surface area (Å²) in [4.78, 5) is 23.6. The Bertz CT molecular complexity index is 422. The Hall–Kier alpha value is -1.06. The van der Waals surface area contributed by atoms with Crippen LogP contribution in [0, 0.1) is 29.1 Å². The molecular formula is C18H28NO3-. The molecule has 0 heterocycles. The predicted octanol–water partition coefficient (Wildman–Crippen LogP) is 1.87. The lowest BCUT2D eigenvalue weighted by atomic mass is 9.49. The molecule has 4 aliphatic carbocycles. The maximum atomic E-state index is 12.4. The summed E-state index contributed by atoms with van der Waals surface area (Å²) in [6.07, 6.45) is 8.54. The van der Waals surface area contributed by atoms with Crippen molar-refractivity contribution in [2.75, 3.05) is 0 Å². The number of carboxylic acids is 1. The van der Waals surface area contributed by atoms with E-state index in [0.717, 1.165) is 17.8 Å².